The maximum absolute atomic E-state index is 14.2. The Labute approximate surface area is 235 Å². The largest absolute Gasteiger partial charge is 0.364 e. The number of nitrogens with zero attached hydrogens (tertiary/aromatic N) is 7. The Morgan fingerprint density at radius 1 is 1.20 bits per heavy atom. The highest BCUT2D eigenvalue weighted by molar-refractivity contribution is 7.89. The Morgan fingerprint density at radius 3 is 2.65 bits per heavy atom. The lowest BCUT2D eigenvalue weighted by atomic mass is 9.93. The van der Waals surface area contributed by atoms with Crippen LogP contribution in [0, 0.1) is 17.2 Å². The molecule has 0 bridgehead atoms. The van der Waals surface area contributed by atoms with Crippen LogP contribution < -0.4 is 4.90 Å². The number of carbonyl (C=O) groups excluding carboxylic acids is 1. The number of piperidine rings is 1. The predicted molar refractivity (Wildman–Crippen MR) is 151 cm³/mol. The summed E-state index contributed by atoms with van der Waals surface area (Å²) in [5.41, 5.74) is 3.50. The fourth-order valence-electron chi connectivity index (χ4n) is 5.78. The van der Waals surface area contributed by atoms with E-state index in [-0.39, 0.29) is 22.9 Å². The van der Waals surface area contributed by atoms with Crippen LogP contribution in [0.25, 0.3) is 0 Å². The number of benzene rings is 1. The van der Waals surface area contributed by atoms with Crippen LogP contribution in [0.4, 0.5) is 5.69 Å². The van der Waals surface area contributed by atoms with Gasteiger partial charge in [0.2, 0.25) is 5.91 Å². The van der Waals surface area contributed by atoms with E-state index in [2.05, 4.69) is 20.9 Å². The summed E-state index contributed by atoms with van der Waals surface area (Å²) < 4.78 is 31.9. The minimum absolute atomic E-state index is 0.0309. The van der Waals surface area contributed by atoms with E-state index in [4.69, 9.17) is 0 Å². The van der Waals surface area contributed by atoms with Crippen molar-refractivity contribution in [3.63, 3.8) is 0 Å². The third kappa shape index (κ3) is 5.74. The number of amides is 1. The number of nitriles is 1. The number of carbonyl (C=O) groups is 1. The quantitative estimate of drug-likeness (QED) is 0.415. The number of hydrogen-bond acceptors (Lipinski definition) is 7. The minimum atomic E-state index is -3.91. The maximum atomic E-state index is 14.2. The van der Waals surface area contributed by atoms with Gasteiger partial charge in [-0.15, -0.1) is 0 Å². The van der Waals surface area contributed by atoms with E-state index < -0.39 is 10.0 Å². The average Bonchev–Trinajstić information content (AvgIpc) is 3.39. The van der Waals surface area contributed by atoms with Gasteiger partial charge in [0.25, 0.3) is 10.0 Å². The summed E-state index contributed by atoms with van der Waals surface area (Å²) in [6, 6.07) is 12.4. The molecule has 1 saturated heterocycles. The molecule has 1 amide bonds. The summed E-state index contributed by atoms with van der Waals surface area (Å²) in [6.07, 6.45) is 7.55. The van der Waals surface area contributed by atoms with Crippen molar-refractivity contribution in [2.75, 3.05) is 31.1 Å². The Balaban J connectivity index is 1.49. The zero-order valence-electron chi connectivity index (χ0n) is 23.0. The van der Waals surface area contributed by atoms with Gasteiger partial charge >= 0.3 is 0 Å². The number of fused-ring (bicyclic) bond motifs is 1. The Kier molecular flexibility index (Phi) is 8.19. The number of rotatable bonds is 8. The molecule has 2 aromatic heterocycles. The van der Waals surface area contributed by atoms with Crippen molar-refractivity contribution in [2.24, 2.45) is 13.0 Å². The zero-order chi connectivity index (χ0) is 28.3. The number of hydrogen-bond donors (Lipinski definition) is 0. The first kappa shape index (κ1) is 27.8. The minimum Gasteiger partial charge on any atom is -0.364 e. The second-order valence-corrected chi connectivity index (χ2v) is 12.4. The summed E-state index contributed by atoms with van der Waals surface area (Å²) in [4.78, 5) is 24.8. The Hall–Kier alpha value is -3.75. The number of aromatic nitrogens is 3. The summed E-state index contributed by atoms with van der Waals surface area (Å²) in [7, 11) is -1.97. The summed E-state index contributed by atoms with van der Waals surface area (Å²) in [5, 5.41) is 9.61. The van der Waals surface area contributed by atoms with Gasteiger partial charge in [-0.05, 0) is 61.1 Å². The lowest BCUT2D eigenvalue weighted by molar-refractivity contribution is -0.132. The van der Waals surface area contributed by atoms with E-state index >= 15 is 0 Å². The summed E-state index contributed by atoms with van der Waals surface area (Å²) in [5.74, 6) is 0.260. The summed E-state index contributed by atoms with van der Waals surface area (Å²) in [6.45, 7) is 4.54. The van der Waals surface area contributed by atoms with Crippen molar-refractivity contribution in [2.45, 2.75) is 50.2 Å². The molecule has 1 aromatic carbocycles. The van der Waals surface area contributed by atoms with Gasteiger partial charge in [0.1, 0.15) is 0 Å². The number of aryl methyl sites for hydroxylation is 1. The zero-order valence-corrected chi connectivity index (χ0v) is 23.8. The van der Waals surface area contributed by atoms with Crippen LogP contribution in [0.15, 0.2) is 60.1 Å². The molecule has 210 valence electrons. The molecule has 5 rings (SSSR count). The molecule has 0 N–H and O–H groups in total. The van der Waals surface area contributed by atoms with Crippen LogP contribution in [-0.2, 0) is 34.8 Å². The molecular formula is C29H35N7O3S. The molecule has 0 saturated carbocycles. The van der Waals surface area contributed by atoms with Crippen molar-refractivity contribution in [3.05, 3.63) is 71.9 Å². The van der Waals surface area contributed by atoms with E-state index in [0.29, 0.717) is 51.1 Å². The van der Waals surface area contributed by atoms with Crippen LogP contribution in [0.3, 0.4) is 0 Å². The fraction of sp³-hybridized carbons (Fsp3) is 0.448. The van der Waals surface area contributed by atoms with Gasteiger partial charge in [-0.3, -0.25) is 4.79 Å². The summed E-state index contributed by atoms with van der Waals surface area (Å²) >= 11 is 0. The number of sulfonamides is 1. The molecule has 4 heterocycles. The van der Waals surface area contributed by atoms with Crippen LogP contribution in [0.5, 0.6) is 0 Å². The molecule has 2 aliphatic heterocycles. The third-order valence-corrected chi connectivity index (χ3v) is 9.87. The first-order chi connectivity index (χ1) is 19.3. The smallest absolute Gasteiger partial charge is 0.260 e. The Morgan fingerprint density at radius 2 is 2.00 bits per heavy atom. The molecular weight excluding hydrogens is 526 g/mol. The standard InChI is InChI=1S/C29H35N7O3S/c1-3-29(37)34-12-9-22(10-13-34)18-36(40(38,39)28-6-4-5-11-32-28)25-15-24-14-23(16-30)7-8-27(24)35(19-25)20-26-17-31-21-33(26)2/h4-8,11,14,17,21-22,25H,3,9-10,12-13,15,18-20H2,1-2H3. The van der Waals surface area contributed by atoms with E-state index in [1.54, 1.807) is 28.8 Å². The monoisotopic (exact) mass is 561 g/mol. The Bertz CT molecular complexity index is 1490. The van der Waals surface area contributed by atoms with Gasteiger partial charge in [-0.25, -0.2) is 18.4 Å². The molecule has 10 nitrogen and oxygen atoms in total. The molecule has 0 aliphatic carbocycles. The highest BCUT2D eigenvalue weighted by atomic mass is 32.2. The van der Waals surface area contributed by atoms with E-state index in [0.717, 1.165) is 29.8 Å². The second kappa shape index (κ2) is 11.8. The first-order valence-corrected chi connectivity index (χ1v) is 15.2. The molecule has 11 heteroatoms. The maximum Gasteiger partial charge on any atom is 0.260 e. The number of likely N-dealkylation sites (tertiary alicyclic amines) is 1. The van der Waals surface area contributed by atoms with Crippen LogP contribution in [-0.4, -0.2) is 70.3 Å². The van der Waals surface area contributed by atoms with Crippen molar-refractivity contribution in [3.8, 4) is 6.07 Å². The van der Waals surface area contributed by atoms with Gasteiger partial charge in [0.05, 0.1) is 30.2 Å². The van der Waals surface area contributed by atoms with Crippen molar-refractivity contribution in [1.29, 1.82) is 5.26 Å². The average molecular weight is 562 g/mol. The van der Waals surface area contributed by atoms with E-state index in [1.807, 2.05) is 47.8 Å². The molecule has 0 radical (unpaired) electrons. The van der Waals surface area contributed by atoms with E-state index in [9.17, 15) is 18.5 Å². The molecule has 0 spiro atoms. The van der Waals surface area contributed by atoms with Gasteiger partial charge in [-0.2, -0.15) is 9.57 Å². The van der Waals surface area contributed by atoms with Gasteiger partial charge in [0.15, 0.2) is 5.03 Å². The van der Waals surface area contributed by atoms with Crippen molar-refractivity contribution < 1.29 is 13.2 Å². The molecule has 3 aromatic rings. The lowest BCUT2D eigenvalue weighted by Crippen LogP contribution is -2.53. The third-order valence-electron chi connectivity index (χ3n) is 8.03. The lowest BCUT2D eigenvalue weighted by Gasteiger charge is -2.42. The van der Waals surface area contributed by atoms with Crippen LogP contribution >= 0.6 is 0 Å². The molecule has 1 atom stereocenters. The number of pyridine rings is 1. The molecule has 40 heavy (non-hydrogen) atoms. The SMILES string of the molecule is CCC(=O)N1CCC(CN(C2Cc3cc(C#N)ccc3N(Cc3cncn3C)C2)S(=O)(=O)c2ccccn2)CC1. The van der Waals surface area contributed by atoms with Crippen LogP contribution in [0.1, 0.15) is 43.0 Å². The second-order valence-electron chi connectivity index (χ2n) is 10.6. The number of anilines is 1. The normalized spacial score (nSPS) is 18.0. The highest BCUT2D eigenvalue weighted by Gasteiger charge is 2.39. The van der Waals surface area contributed by atoms with E-state index in [1.165, 1.54) is 6.20 Å². The van der Waals surface area contributed by atoms with Crippen molar-refractivity contribution in [1.82, 2.24) is 23.7 Å². The molecule has 2 aliphatic rings. The predicted octanol–water partition coefficient (Wildman–Crippen LogP) is 2.96. The topological polar surface area (TPSA) is 115 Å². The van der Waals surface area contributed by atoms with Gasteiger partial charge < -0.3 is 14.4 Å². The molecule has 1 fully saturated rings. The van der Waals surface area contributed by atoms with Crippen molar-refractivity contribution >= 4 is 21.6 Å². The van der Waals surface area contributed by atoms with Gasteiger partial charge in [-0.1, -0.05) is 13.0 Å². The van der Waals surface area contributed by atoms with Crippen LogP contribution in [0.2, 0.25) is 0 Å². The highest BCUT2D eigenvalue weighted by Crippen LogP contribution is 2.34. The first-order valence-electron chi connectivity index (χ1n) is 13.7. The number of imidazole rings is 1. The van der Waals surface area contributed by atoms with Gasteiger partial charge in [0, 0.05) is 63.8 Å². The molecule has 1 unspecified atom stereocenters. The fourth-order valence-corrected chi connectivity index (χ4v) is 7.41.